The van der Waals surface area contributed by atoms with E-state index in [1.165, 1.54) is 28.6 Å². The molecule has 1 saturated heterocycles. The minimum atomic E-state index is -3.59. The van der Waals surface area contributed by atoms with Crippen LogP contribution < -0.4 is 5.32 Å². The van der Waals surface area contributed by atoms with Crippen molar-refractivity contribution in [1.82, 2.24) is 4.31 Å². The molecule has 0 spiro atoms. The summed E-state index contributed by atoms with van der Waals surface area (Å²) in [6.07, 6.45) is 1.02. The fourth-order valence-electron chi connectivity index (χ4n) is 3.84. The van der Waals surface area contributed by atoms with Crippen LogP contribution in [0.4, 0.5) is 5.69 Å². The van der Waals surface area contributed by atoms with E-state index in [9.17, 15) is 18.0 Å². The second kappa shape index (κ2) is 9.62. The summed E-state index contributed by atoms with van der Waals surface area (Å²) in [6.45, 7) is 7.17. The quantitative estimate of drug-likeness (QED) is 0.685. The van der Waals surface area contributed by atoms with E-state index in [-0.39, 0.29) is 10.8 Å². The molecule has 0 aliphatic carbocycles. The number of anilines is 1. The Bertz CT molecular complexity index is 1020. The average molecular weight is 445 g/mol. The first-order valence-electron chi connectivity index (χ1n) is 10.4. The van der Waals surface area contributed by atoms with E-state index < -0.39 is 16.0 Å². The standard InChI is InChI=1S/C23H28N2O5S/c1-4-30-23(27)19-5-9-20(10-6-19)24-22(26)18-7-11-21(12-8-18)31(28,29)25-14-16(2)13-17(3)15-25/h5-12,16-17H,4,13-15H2,1-3H3,(H,24,26)/t16-,17-/m0/s1. The zero-order valence-electron chi connectivity index (χ0n) is 18.0. The second-order valence-corrected chi connectivity index (χ2v) is 9.98. The maximum Gasteiger partial charge on any atom is 0.338 e. The van der Waals surface area contributed by atoms with Crippen molar-refractivity contribution in [3.63, 3.8) is 0 Å². The summed E-state index contributed by atoms with van der Waals surface area (Å²) >= 11 is 0. The van der Waals surface area contributed by atoms with E-state index in [4.69, 9.17) is 4.74 Å². The molecule has 2 aromatic carbocycles. The van der Waals surface area contributed by atoms with Crippen LogP contribution in [0.25, 0.3) is 0 Å². The van der Waals surface area contributed by atoms with Gasteiger partial charge in [-0.3, -0.25) is 4.79 Å². The second-order valence-electron chi connectivity index (χ2n) is 8.04. The molecule has 3 rings (SSSR count). The van der Waals surface area contributed by atoms with Crippen molar-refractivity contribution >= 4 is 27.6 Å². The van der Waals surface area contributed by atoms with Crippen LogP contribution in [0.15, 0.2) is 53.4 Å². The Hall–Kier alpha value is -2.71. The lowest BCUT2D eigenvalue weighted by atomic mass is 9.94. The number of piperidine rings is 1. The van der Waals surface area contributed by atoms with Crippen molar-refractivity contribution in [2.75, 3.05) is 25.0 Å². The lowest BCUT2D eigenvalue weighted by Crippen LogP contribution is -2.42. The molecule has 0 saturated carbocycles. The minimum absolute atomic E-state index is 0.184. The molecule has 31 heavy (non-hydrogen) atoms. The van der Waals surface area contributed by atoms with E-state index >= 15 is 0 Å². The molecule has 0 unspecified atom stereocenters. The number of nitrogens with zero attached hydrogens (tertiary/aromatic N) is 1. The Balaban J connectivity index is 1.68. The number of rotatable bonds is 6. The molecule has 2 atom stereocenters. The van der Waals surface area contributed by atoms with Crippen LogP contribution in [0.5, 0.6) is 0 Å². The number of hydrogen-bond donors (Lipinski definition) is 1. The number of sulfonamides is 1. The summed E-state index contributed by atoms with van der Waals surface area (Å²) < 4.78 is 32.4. The molecule has 1 amide bonds. The van der Waals surface area contributed by atoms with Crippen LogP contribution in [-0.2, 0) is 14.8 Å². The largest absolute Gasteiger partial charge is 0.462 e. The number of esters is 1. The van der Waals surface area contributed by atoms with Gasteiger partial charge in [-0.05, 0) is 73.7 Å². The van der Waals surface area contributed by atoms with E-state index in [0.717, 1.165) is 6.42 Å². The molecule has 8 heteroatoms. The Morgan fingerprint density at radius 3 is 2.06 bits per heavy atom. The molecular weight excluding hydrogens is 416 g/mol. The van der Waals surface area contributed by atoms with Crippen LogP contribution in [-0.4, -0.2) is 44.3 Å². The molecule has 2 aromatic rings. The lowest BCUT2D eigenvalue weighted by molar-refractivity contribution is 0.0526. The molecule has 1 aliphatic heterocycles. The van der Waals surface area contributed by atoms with E-state index in [2.05, 4.69) is 19.2 Å². The molecule has 1 N–H and O–H groups in total. The number of hydrogen-bond acceptors (Lipinski definition) is 5. The van der Waals surface area contributed by atoms with Gasteiger partial charge in [-0.25, -0.2) is 13.2 Å². The zero-order chi connectivity index (χ0) is 22.6. The van der Waals surface area contributed by atoms with Gasteiger partial charge in [0.05, 0.1) is 17.1 Å². The summed E-state index contributed by atoms with van der Waals surface area (Å²) in [5, 5.41) is 2.74. The first-order valence-corrected chi connectivity index (χ1v) is 11.8. The highest BCUT2D eigenvalue weighted by Crippen LogP contribution is 2.27. The number of nitrogens with one attached hydrogen (secondary N) is 1. The molecule has 1 aliphatic rings. The number of ether oxygens (including phenoxy) is 1. The maximum atomic E-state index is 13.0. The highest BCUT2D eigenvalue weighted by Gasteiger charge is 2.31. The van der Waals surface area contributed by atoms with Gasteiger partial charge in [0.15, 0.2) is 0 Å². The third kappa shape index (κ3) is 5.51. The Labute approximate surface area is 183 Å². The van der Waals surface area contributed by atoms with Crippen molar-refractivity contribution in [3.05, 3.63) is 59.7 Å². The fourth-order valence-corrected chi connectivity index (χ4v) is 5.52. The van der Waals surface area contributed by atoms with Crippen molar-refractivity contribution in [3.8, 4) is 0 Å². The highest BCUT2D eigenvalue weighted by molar-refractivity contribution is 7.89. The third-order valence-electron chi connectivity index (χ3n) is 5.24. The third-order valence-corrected chi connectivity index (χ3v) is 7.09. The fraction of sp³-hybridized carbons (Fsp3) is 0.391. The van der Waals surface area contributed by atoms with Crippen molar-refractivity contribution in [2.45, 2.75) is 32.1 Å². The van der Waals surface area contributed by atoms with Crippen LogP contribution in [0.1, 0.15) is 47.9 Å². The monoisotopic (exact) mass is 444 g/mol. The number of benzene rings is 2. The zero-order valence-corrected chi connectivity index (χ0v) is 18.8. The average Bonchev–Trinajstić information content (AvgIpc) is 2.74. The molecule has 1 fully saturated rings. The van der Waals surface area contributed by atoms with E-state index in [1.807, 2.05) is 0 Å². The smallest absolute Gasteiger partial charge is 0.338 e. The normalized spacial score (nSPS) is 19.6. The number of amides is 1. The van der Waals surface area contributed by atoms with Crippen LogP contribution in [0, 0.1) is 11.8 Å². The van der Waals surface area contributed by atoms with Crippen LogP contribution >= 0.6 is 0 Å². The van der Waals surface area contributed by atoms with Crippen molar-refractivity contribution < 1.29 is 22.7 Å². The predicted octanol–water partition coefficient (Wildman–Crippen LogP) is 3.78. The summed E-state index contributed by atoms with van der Waals surface area (Å²) in [7, 11) is -3.59. The van der Waals surface area contributed by atoms with Gasteiger partial charge in [0, 0.05) is 24.3 Å². The topological polar surface area (TPSA) is 92.8 Å². The van der Waals surface area contributed by atoms with Gasteiger partial charge in [0.25, 0.3) is 5.91 Å². The van der Waals surface area contributed by atoms with E-state index in [1.54, 1.807) is 31.2 Å². The van der Waals surface area contributed by atoms with Gasteiger partial charge in [-0.15, -0.1) is 0 Å². The summed E-state index contributed by atoms with van der Waals surface area (Å²) in [6, 6.07) is 12.3. The van der Waals surface area contributed by atoms with Crippen LogP contribution in [0.3, 0.4) is 0 Å². The van der Waals surface area contributed by atoms with Gasteiger partial charge in [-0.1, -0.05) is 13.8 Å². The van der Waals surface area contributed by atoms with Crippen molar-refractivity contribution in [2.24, 2.45) is 11.8 Å². The van der Waals surface area contributed by atoms with Gasteiger partial charge in [0.2, 0.25) is 10.0 Å². The molecule has 0 aromatic heterocycles. The first kappa shape index (κ1) is 23.0. The van der Waals surface area contributed by atoms with Gasteiger partial charge < -0.3 is 10.1 Å². The number of carbonyl (C=O) groups is 2. The molecular formula is C23H28N2O5S. The van der Waals surface area contributed by atoms with Gasteiger partial charge in [-0.2, -0.15) is 4.31 Å². The predicted molar refractivity (Wildman–Crippen MR) is 118 cm³/mol. The summed E-state index contributed by atoms with van der Waals surface area (Å²) in [4.78, 5) is 24.4. The highest BCUT2D eigenvalue weighted by atomic mass is 32.2. The lowest BCUT2D eigenvalue weighted by Gasteiger charge is -2.34. The Kier molecular flexibility index (Phi) is 7.12. The number of carbonyl (C=O) groups excluding carboxylic acids is 2. The SMILES string of the molecule is CCOC(=O)c1ccc(NC(=O)c2ccc(S(=O)(=O)N3C[C@@H](C)C[C@H](C)C3)cc2)cc1. The van der Waals surface area contributed by atoms with Gasteiger partial charge >= 0.3 is 5.97 Å². The molecule has 0 radical (unpaired) electrons. The molecule has 1 heterocycles. The molecule has 0 bridgehead atoms. The van der Waals surface area contributed by atoms with Crippen LogP contribution in [0.2, 0.25) is 0 Å². The van der Waals surface area contributed by atoms with Crippen molar-refractivity contribution in [1.29, 1.82) is 0 Å². The Morgan fingerprint density at radius 1 is 0.968 bits per heavy atom. The Morgan fingerprint density at radius 2 is 1.52 bits per heavy atom. The summed E-state index contributed by atoms with van der Waals surface area (Å²) in [5.74, 6) is -0.152. The molecule has 166 valence electrons. The minimum Gasteiger partial charge on any atom is -0.462 e. The first-order chi connectivity index (χ1) is 14.7. The summed E-state index contributed by atoms with van der Waals surface area (Å²) in [5.41, 5.74) is 1.26. The van der Waals surface area contributed by atoms with E-state index in [0.29, 0.717) is 48.3 Å². The maximum absolute atomic E-state index is 13.0. The molecule has 7 nitrogen and oxygen atoms in total. The van der Waals surface area contributed by atoms with Gasteiger partial charge in [0.1, 0.15) is 0 Å².